The van der Waals surface area contributed by atoms with Gasteiger partial charge in [0.15, 0.2) is 0 Å². The monoisotopic (exact) mass is 330 g/mol. The van der Waals surface area contributed by atoms with Gasteiger partial charge < -0.3 is 14.6 Å². The molecular weight excluding hydrogens is 308 g/mol. The third-order valence-corrected chi connectivity index (χ3v) is 4.55. The van der Waals surface area contributed by atoms with E-state index in [9.17, 15) is 0 Å². The van der Waals surface area contributed by atoms with Gasteiger partial charge in [-0.3, -0.25) is 0 Å². The summed E-state index contributed by atoms with van der Waals surface area (Å²) in [6.07, 6.45) is 0. The smallest absolute Gasteiger partial charge is 0.129 e. The maximum absolute atomic E-state index is 6.06. The SMILES string of the molecule is CNCCOc1cccc2c1c1ccccc1n2Cc1ccccc1. The molecule has 126 valence electrons. The van der Waals surface area contributed by atoms with Crippen molar-refractivity contribution in [3.05, 3.63) is 78.4 Å². The normalized spacial score (nSPS) is 11.2. The van der Waals surface area contributed by atoms with Gasteiger partial charge in [-0.25, -0.2) is 0 Å². The summed E-state index contributed by atoms with van der Waals surface area (Å²) in [4.78, 5) is 0. The van der Waals surface area contributed by atoms with Crippen molar-refractivity contribution >= 4 is 21.8 Å². The number of aromatic nitrogens is 1. The fourth-order valence-electron chi connectivity index (χ4n) is 3.39. The number of hydrogen-bond donors (Lipinski definition) is 1. The molecular formula is C22H22N2O. The Kier molecular flexibility index (Phi) is 4.40. The highest BCUT2D eigenvalue weighted by Gasteiger charge is 2.14. The molecule has 0 amide bonds. The number of benzene rings is 3. The Morgan fingerprint density at radius 3 is 2.44 bits per heavy atom. The van der Waals surface area contributed by atoms with Crippen molar-refractivity contribution in [1.82, 2.24) is 9.88 Å². The number of para-hydroxylation sites is 1. The summed E-state index contributed by atoms with van der Waals surface area (Å²) < 4.78 is 8.44. The maximum Gasteiger partial charge on any atom is 0.129 e. The van der Waals surface area contributed by atoms with Gasteiger partial charge in [-0.05, 0) is 30.8 Å². The van der Waals surface area contributed by atoms with E-state index in [0.29, 0.717) is 6.61 Å². The van der Waals surface area contributed by atoms with Gasteiger partial charge in [0.05, 0.1) is 5.52 Å². The molecule has 0 fully saturated rings. The number of hydrogen-bond acceptors (Lipinski definition) is 2. The first-order valence-electron chi connectivity index (χ1n) is 8.70. The molecule has 3 heteroatoms. The highest BCUT2D eigenvalue weighted by molar-refractivity contribution is 6.11. The largest absolute Gasteiger partial charge is 0.492 e. The van der Waals surface area contributed by atoms with Gasteiger partial charge >= 0.3 is 0 Å². The van der Waals surface area contributed by atoms with Gasteiger partial charge in [0.2, 0.25) is 0 Å². The van der Waals surface area contributed by atoms with Crippen LogP contribution in [0, 0.1) is 0 Å². The minimum absolute atomic E-state index is 0.661. The van der Waals surface area contributed by atoms with Crippen molar-refractivity contribution in [3.8, 4) is 5.75 Å². The molecule has 0 bridgehead atoms. The Bertz CT molecular complexity index is 989. The second kappa shape index (κ2) is 6.99. The van der Waals surface area contributed by atoms with Gasteiger partial charge in [0, 0.05) is 29.4 Å². The third kappa shape index (κ3) is 2.99. The van der Waals surface area contributed by atoms with E-state index in [4.69, 9.17) is 4.74 Å². The lowest BCUT2D eigenvalue weighted by Gasteiger charge is -2.09. The fourth-order valence-corrected chi connectivity index (χ4v) is 3.39. The molecule has 0 saturated carbocycles. The number of likely N-dealkylation sites (N-methyl/N-ethyl adjacent to an activating group) is 1. The molecule has 25 heavy (non-hydrogen) atoms. The van der Waals surface area contributed by atoms with Crippen LogP contribution in [-0.2, 0) is 6.54 Å². The van der Waals surface area contributed by atoms with Crippen LogP contribution in [0.2, 0.25) is 0 Å². The topological polar surface area (TPSA) is 26.2 Å². The van der Waals surface area contributed by atoms with Crippen molar-refractivity contribution in [3.63, 3.8) is 0 Å². The summed E-state index contributed by atoms with van der Waals surface area (Å²) in [5, 5.41) is 5.57. The van der Waals surface area contributed by atoms with E-state index in [1.807, 2.05) is 7.05 Å². The molecule has 4 rings (SSSR count). The maximum atomic E-state index is 6.06. The Hall–Kier alpha value is -2.78. The summed E-state index contributed by atoms with van der Waals surface area (Å²) in [6.45, 7) is 2.34. The highest BCUT2D eigenvalue weighted by Crippen LogP contribution is 2.36. The first kappa shape index (κ1) is 15.7. The molecule has 3 aromatic carbocycles. The molecule has 0 unspecified atom stereocenters. The van der Waals surface area contributed by atoms with Crippen LogP contribution in [0.1, 0.15) is 5.56 Å². The van der Waals surface area contributed by atoms with E-state index in [-0.39, 0.29) is 0 Å². The lowest BCUT2D eigenvalue weighted by molar-refractivity contribution is 0.322. The number of ether oxygens (including phenoxy) is 1. The minimum Gasteiger partial charge on any atom is -0.492 e. The molecule has 0 spiro atoms. The zero-order valence-electron chi connectivity index (χ0n) is 14.4. The second-order valence-electron chi connectivity index (χ2n) is 6.19. The third-order valence-electron chi connectivity index (χ3n) is 4.55. The average Bonchev–Trinajstić information content (AvgIpc) is 2.98. The van der Waals surface area contributed by atoms with Crippen LogP contribution in [0.15, 0.2) is 72.8 Å². The Morgan fingerprint density at radius 1 is 0.840 bits per heavy atom. The van der Waals surface area contributed by atoms with Crippen LogP contribution in [0.25, 0.3) is 21.8 Å². The van der Waals surface area contributed by atoms with Gasteiger partial charge in [0.25, 0.3) is 0 Å². The molecule has 1 aromatic heterocycles. The molecule has 0 atom stereocenters. The van der Waals surface area contributed by atoms with Crippen molar-refractivity contribution in [1.29, 1.82) is 0 Å². The average molecular weight is 330 g/mol. The first-order chi connectivity index (χ1) is 12.4. The zero-order valence-corrected chi connectivity index (χ0v) is 14.4. The second-order valence-corrected chi connectivity index (χ2v) is 6.19. The molecule has 1 heterocycles. The predicted octanol–water partition coefficient (Wildman–Crippen LogP) is 4.44. The minimum atomic E-state index is 0.661. The summed E-state index contributed by atoms with van der Waals surface area (Å²) >= 11 is 0. The zero-order chi connectivity index (χ0) is 17.1. The van der Waals surface area contributed by atoms with E-state index in [1.54, 1.807) is 0 Å². The molecule has 0 radical (unpaired) electrons. The molecule has 4 aromatic rings. The predicted molar refractivity (Wildman–Crippen MR) is 104 cm³/mol. The summed E-state index contributed by atoms with van der Waals surface area (Å²) in [7, 11) is 1.94. The Balaban J connectivity index is 1.88. The van der Waals surface area contributed by atoms with Crippen molar-refractivity contribution in [2.75, 3.05) is 20.2 Å². The standard InChI is InChI=1S/C22H22N2O/c1-23-14-15-25-21-13-7-12-20-22(21)18-10-5-6-11-19(18)24(20)16-17-8-3-2-4-9-17/h2-13,23H,14-16H2,1H3. The number of nitrogens with one attached hydrogen (secondary N) is 1. The number of rotatable bonds is 6. The van der Waals surface area contributed by atoms with E-state index >= 15 is 0 Å². The fraction of sp³-hybridized carbons (Fsp3) is 0.182. The summed E-state index contributed by atoms with van der Waals surface area (Å²) in [5.41, 5.74) is 3.75. The van der Waals surface area contributed by atoms with Crippen LogP contribution in [0.4, 0.5) is 0 Å². The van der Waals surface area contributed by atoms with E-state index < -0.39 is 0 Å². The lowest BCUT2D eigenvalue weighted by atomic mass is 10.1. The molecule has 0 aliphatic carbocycles. The van der Waals surface area contributed by atoms with Crippen LogP contribution in [0.5, 0.6) is 5.75 Å². The van der Waals surface area contributed by atoms with Crippen molar-refractivity contribution in [2.45, 2.75) is 6.54 Å². The van der Waals surface area contributed by atoms with E-state index in [2.05, 4.69) is 82.7 Å². The molecule has 0 saturated heterocycles. The van der Waals surface area contributed by atoms with Crippen molar-refractivity contribution < 1.29 is 4.74 Å². The Labute approximate surface area is 147 Å². The molecule has 0 aliphatic rings. The van der Waals surface area contributed by atoms with Crippen LogP contribution >= 0.6 is 0 Å². The van der Waals surface area contributed by atoms with Gasteiger partial charge in [-0.15, -0.1) is 0 Å². The number of fused-ring (bicyclic) bond motifs is 3. The van der Waals surface area contributed by atoms with Crippen LogP contribution in [-0.4, -0.2) is 24.8 Å². The quantitative estimate of drug-likeness (QED) is 0.529. The molecule has 1 N–H and O–H groups in total. The number of nitrogens with zero attached hydrogens (tertiary/aromatic N) is 1. The molecule has 0 aliphatic heterocycles. The van der Waals surface area contributed by atoms with E-state index in [1.165, 1.54) is 27.4 Å². The van der Waals surface area contributed by atoms with Crippen molar-refractivity contribution in [2.24, 2.45) is 0 Å². The van der Waals surface area contributed by atoms with Gasteiger partial charge in [-0.2, -0.15) is 0 Å². The Morgan fingerprint density at radius 2 is 1.60 bits per heavy atom. The van der Waals surface area contributed by atoms with E-state index in [0.717, 1.165) is 18.8 Å². The highest BCUT2D eigenvalue weighted by atomic mass is 16.5. The first-order valence-corrected chi connectivity index (χ1v) is 8.70. The van der Waals surface area contributed by atoms with Gasteiger partial charge in [0.1, 0.15) is 12.4 Å². The van der Waals surface area contributed by atoms with Gasteiger partial charge in [-0.1, -0.05) is 54.6 Å². The lowest BCUT2D eigenvalue weighted by Crippen LogP contribution is -2.15. The van der Waals surface area contributed by atoms with Crippen LogP contribution < -0.4 is 10.1 Å². The van der Waals surface area contributed by atoms with Crippen LogP contribution in [0.3, 0.4) is 0 Å². The summed E-state index contributed by atoms with van der Waals surface area (Å²) in [5.74, 6) is 0.954. The molecule has 3 nitrogen and oxygen atoms in total. The summed E-state index contributed by atoms with van der Waals surface area (Å²) in [6, 6.07) is 25.5.